The Kier molecular flexibility index (Phi) is 5.28. The second-order valence-electron chi connectivity index (χ2n) is 7.27. The van der Waals surface area contributed by atoms with E-state index in [0.717, 1.165) is 41.7 Å². The Morgan fingerprint density at radius 3 is 2.52 bits per heavy atom. The molecular weight excluding hydrogens is 370 g/mol. The molecule has 1 aliphatic rings. The van der Waals surface area contributed by atoms with Crippen molar-refractivity contribution in [3.63, 3.8) is 0 Å². The van der Waals surface area contributed by atoms with Crippen molar-refractivity contribution in [1.29, 1.82) is 0 Å². The summed E-state index contributed by atoms with van der Waals surface area (Å²) in [5.41, 5.74) is 1.91. The number of aryl methyl sites for hydroxylation is 3. The molecule has 0 unspecified atom stereocenters. The minimum atomic E-state index is 0.169. The smallest absolute Gasteiger partial charge is 0.223 e. The summed E-state index contributed by atoms with van der Waals surface area (Å²) in [6.45, 7) is 8.55. The Bertz CT molecular complexity index is 969. The molecule has 0 bridgehead atoms. The zero-order chi connectivity index (χ0) is 20.4. The highest BCUT2D eigenvalue weighted by molar-refractivity contribution is 5.76. The van der Waals surface area contributed by atoms with Crippen LogP contribution in [0.1, 0.15) is 29.3 Å². The Hall–Kier alpha value is -3.23. The summed E-state index contributed by atoms with van der Waals surface area (Å²) < 4.78 is 7.05. The normalized spacial score (nSPS) is 14.4. The van der Waals surface area contributed by atoms with Gasteiger partial charge in [-0.05, 0) is 27.2 Å². The first-order valence-corrected chi connectivity index (χ1v) is 9.80. The lowest BCUT2D eigenvalue weighted by molar-refractivity contribution is -0.131. The van der Waals surface area contributed by atoms with Crippen molar-refractivity contribution in [2.24, 2.45) is 0 Å². The number of anilines is 1. The lowest BCUT2D eigenvalue weighted by Gasteiger charge is -2.35. The number of nitrogens with zero attached hydrogens (tertiary/aromatic N) is 7. The van der Waals surface area contributed by atoms with Gasteiger partial charge in [0, 0.05) is 56.6 Å². The number of hydrogen-bond acceptors (Lipinski definition) is 7. The summed E-state index contributed by atoms with van der Waals surface area (Å²) in [6.07, 6.45) is 6.45. The fourth-order valence-corrected chi connectivity index (χ4v) is 3.66. The molecule has 9 nitrogen and oxygen atoms in total. The highest BCUT2D eigenvalue weighted by Gasteiger charge is 2.23. The molecule has 29 heavy (non-hydrogen) atoms. The Balaban J connectivity index is 1.36. The molecule has 3 aromatic rings. The maximum absolute atomic E-state index is 12.6. The van der Waals surface area contributed by atoms with E-state index in [1.807, 2.05) is 42.5 Å². The molecule has 4 rings (SSSR count). The van der Waals surface area contributed by atoms with Crippen LogP contribution in [0.15, 0.2) is 29.3 Å². The third-order valence-corrected chi connectivity index (χ3v) is 5.31. The molecule has 0 radical (unpaired) electrons. The Labute approximate surface area is 169 Å². The summed E-state index contributed by atoms with van der Waals surface area (Å²) >= 11 is 0. The van der Waals surface area contributed by atoms with E-state index in [9.17, 15) is 4.79 Å². The van der Waals surface area contributed by atoms with Gasteiger partial charge in [-0.3, -0.25) is 9.36 Å². The minimum absolute atomic E-state index is 0.169. The Morgan fingerprint density at radius 2 is 1.86 bits per heavy atom. The van der Waals surface area contributed by atoms with Crippen LogP contribution in [0.4, 0.5) is 5.82 Å². The molecule has 152 valence electrons. The SMILES string of the molecule is Cc1nc(N2CCN(C(=O)CCc3c(C)noc3C)CC2)cc(-n2ccnc2)n1. The van der Waals surface area contributed by atoms with E-state index in [-0.39, 0.29) is 5.91 Å². The van der Waals surface area contributed by atoms with Crippen LogP contribution in [-0.2, 0) is 11.2 Å². The van der Waals surface area contributed by atoms with Crippen LogP contribution in [0, 0.1) is 20.8 Å². The van der Waals surface area contributed by atoms with Crippen molar-refractivity contribution in [3.8, 4) is 5.82 Å². The van der Waals surface area contributed by atoms with Crippen molar-refractivity contribution < 1.29 is 9.32 Å². The second-order valence-corrected chi connectivity index (χ2v) is 7.27. The summed E-state index contributed by atoms with van der Waals surface area (Å²) in [5.74, 6) is 3.35. The number of piperazine rings is 1. The van der Waals surface area contributed by atoms with Gasteiger partial charge in [0.15, 0.2) is 0 Å². The standard InChI is InChI=1S/C20H25N7O2/c1-14-17(15(2)29-24-14)4-5-20(28)26-10-8-25(9-11-26)18-12-19(23-16(3)22-18)27-7-6-21-13-27/h6-7,12-13H,4-5,8-11H2,1-3H3. The van der Waals surface area contributed by atoms with Gasteiger partial charge in [0.05, 0.1) is 5.69 Å². The van der Waals surface area contributed by atoms with E-state index < -0.39 is 0 Å². The number of rotatable bonds is 5. The van der Waals surface area contributed by atoms with Gasteiger partial charge in [0.25, 0.3) is 0 Å². The topological polar surface area (TPSA) is 93.2 Å². The first-order chi connectivity index (χ1) is 14.0. The van der Waals surface area contributed by atoms with Crippen LogP contribution in [0.3, 0.4) is 0 Å². The third kappa shape index (κ3) is 4.13. The molecule has 3 aromatic heterocycles. The maximum atomic E-state index is 12.6. The summed E-state index contributed by atoms with van der Waals surface area (Å²) in [7, 11) is 0. The molecule has 9 heteroatoms. The number of hydrogen-bond donors (Lipinski definition) is 0. The van der Waals surface area contributed by atoms with Crippen LogP contribution < -0.4 is 4.90 Å². The predicted octanol–water partition coefficient (Wildman–Crippen LogP) is 1.86. The monoisotopic (exact) mass is 395 g/mol. The van der Waals surface area contributed by atoms with Gasteiger partial charge in [0.2, 0.25) is 5.91 Å². The third-order valence-electron chi connectivity index (χ3n) is 5.31. The molecule has 1 aliphatic heterocycles. The molecule has 0 saturated carbocycles. The highest BCUT2D eigenvalue weighted by Crippen LogP contribution is 2.19. The summed E-state index contributed by atoms with van der Waals surface area (Å²) in [4.78, 5) is 29.9. The quantitative estimate of drug-likeness (QED) is 0.651. The molecule has 4 heterocycles. The van der Waals surface area contributed by atoms with E-state index in [1.54, 1.807) is 12.5 Å². The van der Waals surface area contributed by atoms with E-state index >= 15 is 0 Å². The van der Waals surface area contributed by atoms with Gasteiger partial charge in [-0.25, -0.2) is 15.0 Å². The van der Waals surface area contributed by atoms with Crippen LogP contribution >= 0.6 is 0 Å². The molecule has 0 spiro atoms. The molecule has 0 aromatic carbocycles. The number of amides is 1. The average molecular weight is 395 g/mol. The average Bonchev–Trinajstić information content (AvgIpc) is 3.36. The van der Waals surface area contributed by atoms with Gasteiger partial charge < -0.3 is 14.3 Å². The summed E-state index contributed by atoms with van der Waals surface area (Å²) in [6, 6.07) is 1.96. The van der Waals surface area contributed by atoms with E-state index in [2.05, 4.69) is 25.0 Å². The first kappa shape index (κ1) is 19.1. The summed E-state index contributed by atoms with van der Waals surface area (Å²) in [5, 5.41) is 3.96. The van der Waals surface area contributed by atoms with Crippen molar-refractivity contribution in [2.45, 2.75) is 33.6 Å². The highest BCUT2D eigenvalue weighted by atomic mass is 16.5. The van der Waals surface area contributed by atoms with Crippen LogP contribution in [0.5, 0.6) is 0 Å². The number of aromatic nitrogens is 5. The second kappa shape index (κ2) is 8.02. The Morgan fingerprint density at radius 1 is 1.10 bits per heavy atom. The van der Waals surface area contributed by atoms with Crippen LogP contribution in [0.2, 0.25) is 0 Å². The molecule has 0 atom stereocenters. The lowest BCUT2D eigenvalue weighted by atomic mass is 10.1. The molecule has 1 amide bonds. The van der Waals surface area contributed by atoms with Crippen molar-refractivity contribution in [1.82, 2.24) is 29.6 Å². The zero-order valence-corrected chi connectivity index (χ0v) is 17.0. The van der Waals surface area contributed by atoms with E-state index in [1.165, 1.54) is 0 Å². The molecule has 1 fully saturated rings. The molecule has 1 saturated heterocycles. The molecule has 0 aliphatic carbocycles. The van der Waals surface area contributed by atoms with Gasteiger partial charge in [-0.2, -0.15) is 0 Å². The van der Waals surface area contributed by atoms with Gasteiger partial charge in [-0.15, -0.1) is 0 Å². The first-order valence-electron chi connectivity index (χ1n) is 9.80. The van der Waals surface area contributed by atoms with E-state index in [0.29, 0.717) is 31.8 Å². The van der Waals surface area contributed by atoms with Crippen LogP contribution in [-0.4, -0.2) is 61.7 Å². The predicted molar refractivity (Wildman–Crippen MR) is 107 cm³/mol. The number of carbonyl (C=O) groups is 1. The van der Waals surface area contributed by atoms with E-state index in [4.69, 9.17) is 4.52 Å². The van der Waals surface area contributed by atoms with Gasteiger partial charge in [-0.1, -0.05) is 5.16 Å². The fraction of sp³-hybridized carbons (Fsp3) is 0.450. The minimum Gasteiger partial charge on any atom is -0.361 e. The molecule has 0 N–H and O–H groups in total. The van der Waals surface area contributed by atoms with Crippen molar-refractivity contribution in [2.75, 3.05) is 31.1 Å². The largest absolute Gasteiger partial charge is 0.361 e. The number of carbonyl (C=O) groups excluding carboxylic acids is 1. The number of imidazole rings is 1. The lowest BCUT2D eigenvalue weighted by Crippen LogP contribution is -2.49. The van der Waals surface area contributed by atoms with Crippen LogP contribution in [0.25, 0.3) is 5.82 Å². The van der Waals surface area contributed by atoms with Gasteiger partial charge in [0.1, 0.15) is 29.5 Å². The van der Waals surface area contributed by atoms with Gasteiger partial charge >= 0.3 is 0 Å². The molecular formula is C20H25N7O2. The zero-order valence-electron chi connectivity index (χ0n) is 17.0. The fourth-order valence-electron chi connectivity index (χ4n) is 3.66. The van der Waals surface area contributed by atoms with Crippen molar-refractivity contribution in [3.05, 3.63) is 47.6 Å². The van der Waals surface area contributed by atoms with Crippen molar-refractivity contribution >= 4 is 11.7 Å². The maximum Gasteiger partial charge on any atom is 0.223 e.